The third-order valence-electron chi connectivity index (χ3n) is 3.17. The van der Waals surface area contributed by atoms with E-state index in [1.54, 1.807) is 11.8 Å². The van der Waals surface area contributed by atoms with Crippen molar-refractivity contribution in [3.8, 4) is 0 Å². The highest BCUT2D eigenvalue weighted by molar-refractivity contribution is 8.08. The zero-order valence-corrected chi connectivity index (χ0v) is 13.5. The summed E-state index contributed by atoms with van der Waals surface area (Å²) in [6.07, 6.45) is 4.41. The predicted octanol–water partition coefficient (Wildman–Crippen LogP) is 2.82. The molecule has 0 bridgehead atoms. The lowest BCUT2D eigenvalue weighted by Crippen LogP contribution is -2.33. The first-order chi connectivity index (χ1) is 9.67. The summed E-state index contributed by atoms with van der Waals surface area (Å²) >= 11 is 7.01. The number of thioether (sulfide) groups is 1. The minimum atomic E-state index is -0.327. The van der Waals surface area contributed by atoms with Crippen LogP contribution in [0.2, 0.25) is 0 Å². The zero-order chi connectivity index (χ0) is 14.5. The van der Waals surface area contributed by atoms with E-state index in [0.717, 1.165) is 36.4 Å². The largest absolute Gasteiger partial charge is 0.461 e. The van der Waals surface area contributed by atoms with Gasteiger partial charge in [0, 0.05) is 17.1 Å². The summed E-state index contributed by atoms with van der Waals surface area (Å²) in [5, 5.41) is 6.39. The van der Waals surface area contributed by atoms with Crippen molar-refractivity contribution in [1.82, 2.24) is 10.6 Å². The lowest BCUT2D eigenvalue weighted by atomic mass is 10.0. The molecule has 0 aromatic heterocycles. The van der Waals surface area contributed by atoms with Gasteiger partial charge in [0.15, 0.2) is 0 Å². The molecule has 0 aromatic carbocycles. The van der Waals surface area contributed by atoms with Crippen molar-refractivity contribution >= 4 is 34.9 Å². The highest BCUT2D eigenvalue weighted by Crippen LogP contribution is 2.41. The normalized spacial score (nSPS) is 18.3. The summed E-state index contributed by atoms with van der Waals surface area (Å²) < 4.78 is 5.14. The number of hydrogen-bond acceptors (Lipinski definition) is 5. The van der Waals surface area contributed by atoms with E-state index < -0.39 is 0 Å². The Bertz CT molecular complexity index is 442. The van der Waals surface area contributed by atoms with Gasteiger partial charge >= 0.3 is 5.97 Å². The number of carbonyl (C=O) groups excluding carboxylic acids is 1. The van der Waals surface area contributed by atoms with Crippen molar-refractivity contribution in [3.05, 3.63) is 21.2 Å². The number of nitrogens with one attached hydrogen (secondary N) is 2. The van der Waals surface area contributed by atoms with Gasteiger partial charge in [0.2, 0.25) is 0 Å². The maximum Gasteiger partial charge on any atom is 0.356 e. The molecule has 20 heavy (non-hydrogen) atoms. The van der Waals surface area contributed by atoms with Crippen LogP contribution in [0, 0.1) is 0 Å². The van der Waals surface area contributed by atoms with Crippen molar-refractivity contribution in [2.75, 3.05) is 13.2 Å². The lowest BCUT2D eigenvalue weighted by molar-refractivity contribution is -0.138. The van der Waals surface area contributed by atoms with E-state index in [0.29, 0.717) is 17.3 Å². The van der Waals surface area contributed by atoms with Crippen LogP contribution < -0.4 is 10.6 Å². The van der Waals surface area contributed by atoms with Crippen molar-refractivity contribution in [3.63, 3.8) is 0 Å². The molecule has 0 radical (unpaired) electrons. The van der Waals surface area contributed by atoms with E-state index in [4.69, 9.17) is 17.0 Å². The first kappa shape index (κ1) is 15.4. The fourth-order valence-electron chi connectivity index (χ4n) is 2.25. The van der Waals surface area contributed by atoms with Gasteiger partial charge in [0.1, 0.15) is 10.7 Å². The predicted molar refractivity (Wildman–Crippen MR) is 86.2 cm³/mol. The highest BCUT2D eigenvalue weighted by atomic mass is 32.2. The second-order valence-electron chi connectivity index (χ2n) is 4.62. The highest BCUT2D eigenvalue weighted by Gasteiger charge is 2.29. The summed E-state index contributed by atoms with van der Waals surface area (Å²) in [7, 11) is 0. The number of allylic oxidation sites excluding steroid dienone is 2. The van der Waals surface area contributed by atoms with Crippen LogP contribution in [0.4, 0.5) is 0 Å². The molecule has 1 aliphatic heterocycles. The van der Waals surface area contributed by atoms with Crippen molar-refractivity contribution in [2.45, 2.75) is 39.5 Å². The van der Waals surface area contributed by atoms with Crippen molar-refractivity contribution in [2.24, 2.45) is 0 Å². The van der Waals surface area contributed by atoms with Crippen LogP contribution in [-0.2, 0) is 9.53 Å². The van der Waals surface area contributed by atoms with E-state index in [1.807, 2.05) is 13.8 Å². The van der Waals surface area contributed by atoms with Gasteiger partial charge in [-0.15, -0.1) is 0 Å². The Morgan fingerprint density at radius 2 is 2.15 bits per heavy atom. The number of ether oxygens (including phenoxy) is 1. The molecule has 0 saturated carbocycles. The van der Waals surface area contributed by atoms with Crippen LogP contribution in [0.25, 0.3) is 0 Å². The summed E-state index contributed by atoms with van der Waals surface area (Å²) in [4.78, 5) is 14.8. The summed E-state index contributed by atoms with van der Waals surface area (Å²) in [5.41, 5.74) is 1.65. The number of thiocarbonyl (C=S) groups is 1. The average molecular weight is 312 g/mol. The van der Waals surface area contributed by atoms with E-state index >= 15 is 0 Å². The topological polar surface area (TPSA) is 50.4 Å². The number of rotatable bonds is 4. The number of esters is 1. The minimum absolute atomic E-state index is 0.327. The molecule has 2 aliphatic rings. The quantitative estimate of drug-likeness (QED) is 0.615. The molecule has 0 unspecified atom stereocenters. The van der Waals surface area contributed by atoms with Crippen LogP contribution in [0.5, 0.6) is 0 Å². The second-order valence-corrected chi connectivity index (χ2v) is 6.13. The van der Waals surface area contributed by atoms with Gasteiger partial charge in [-0.2, -0.15) is 0 Å². The number of likely N-dealkylation sites (N-methyl/N-ethyl adjacent to an activating group) is 1. The second kappa shape index (κ2) is 7.13. The fraction of sp³-hybridized carbons (Fsp3) is 0.571. The van der Waals surface area contributed by atoms with Crippen LogP contribution in [0.3, 0.4) is 0 Å². The molecule has 0 atom stereocenters. The Morgan fingerprint density at radius 1 is 1.40 bits per heavy atom. The van der Waals surface area contributed by atoms with Crippen molar-refractivity contribution < 1.29 is 9.53 Å². The minimum Gasteiger partial charge on any atom is -0.461 e. The molecule has 1 heterocycles. The molecule has 1 aliphatic carbocycles. The SMILES string of the molecule is CCNC(=S)C1=C(C(=O)OCC)NC2=C(CCCC2)S1. The van der Waals surface area contributed by atoms with Gasteiger partial charge in [-0.05, 0) is 39.5 Å². The molecular formula is C14H20N2O2S2. The molecule has 0 saturated heterocycles. The lowest BCUT2D eigenvalue weighted by Gasteiger charge is -2.29. The van der Waals surface area contributed by atoms with Crippen molar-refractivity contribution in [1.29, 1.82) is 0 Å². The molecule has 6 heteroatoms. The molecular weight excluding hydrogens is 292 g/mol. The average Bonchev–Trinajstić information content (AvgIpc) is 2.46. The first-order valence-electron chi connectivity index (χ1n) is 7.03. The molecule has 2 N–H and O–H groups in total. The van der Waals surface area contributed by atoms with Gasteiger partial charge < -0.3 is 15.4 Å². The number of hydrogen-bond donors (Lipinski definition) is 2. The fourth-order valence-corrected chi connectivity index (χ4v) is 3.79. The van der Waals surface area contributed by atoms with Gasteiger partial charge in [-0.25, -0.2) is 4.79 Å². The van der Waals surface area contributed by atoms with Crippen LogP contribution in [-0.4, -0.2) is 24.1 Å². The Kier molecular flexibility index (Phi) is 5.48. The van der Waals surface area contributed by atoms with Gasteiger partial charge in [-0.3, -0.25) is 0 Å². The molecule has 0 fully saturated rings. The Morgan fingerprint density at radius 3 is 2.85 bits per heavy atom. The third kappa shape index (κ3) is 3.35. The van der Waals surface area contributed by atoms with E-state index in [-0.39, 0.29) is 5.97 Å². The molecule has 2 rings (SSSR count). The summed E-state index contributed by atoms with van der Waals surface area (Å²) in [6, 6.07) is 0. The maximum atomic E-state index is 12.1. The molecule has 110 valence electrons. The van der Waals surface area contributed by atoms with Crippen LogP contribution in [0.1, 0.15) is 39.5 Å². The molecule has 0 spiro atoms. The standard InChI is InChI=1S/C14H20N2O2S2/c1-3-15-13(19)12-11(14(17)18-4-2)16-9-7-5-6-8-10(9)20-12/h16H,3-8H2,1-2H3,(H,15,19). The summed E-state index contributed by atoms with van der Waals surface area (Å²) in [5.74, 6) is -0.327. The Hall–Kier alpha value is -1.01. The van der Waals surface area contributed by atoms with E-state index in [2.05, 4.69) is 10.6 Å². The molecule has 4 nitrogen and oxygen atoms in total. The zero-order valence-electron chi connectivity index (χ0n) is 11.9. The van der Waals surface area contributed by atoms with Crippen LogP contribution in [0.15, 0.2) is 21.2 Å². The smallest absolute Gasteiger partial charge is 0.356 e. The number of carbonyl (C=O) groups is 1. The molecule has 0 aromatic rings. The van der Waals surface area contributed by atoms with Gasteiger partial charge in [0.25, 0.3) is 0 Å². The van der Waals surface area contributed by atoms with E-state index in [9.17, 15) is 4.79 Å². The summed E-state index contributed by atoms with van der Waals surface area (Å²) in [6.45, 7) is 4.90. The van der Waals surface area contributed by atoms with Gasteiger partial charge in [0.05, 0.1) is 11.5 Å². The van der Waals surface area contributed by atoms with Crippen LogP contribution >= 0.6 is 24.0 Å². The van der Waals surface area contributed by atoms with Gasteiger partial charge in [-0.1, -0.05) is 24.0 Å². The van der Waals surface area contributed by atoms with E-state index in [1.165, 1.54) is 11.3 Å². The first-order valence-corrected chi connectivity index (χ1v) is 8.26. The third-order valence-corrected chi connectivity index (χ3v) is 4.96. The Balaban J connectivity index is 2.27. The maximum absolute atomic E-state index is 12.1. The Labute approximate surface area is 129 Å². The monoisotopic (exact) mass is 312 g/mol. The molecule has 0 amide bonds.